The van der Waals surface area contributed by atoms with Gasteiger partial charge in [-0.1, -0.05) is 50.3 Å². The smallest absolute Gasteiger partial charge is 0.267 e. The van der Waals surface area contributed by atoms with Crippen molar-refractivity contribution < 1.29 is 4.79 Å². The number of piperidine rings is 1. The number of thiocarbonyl (C=S) groups is 1. The predicted octanol–water partition coefficient (Wildman–Crippen LogP) is 3.93. The summed E-state index contributed by atoms with van der Waals surface area (Å²) in [4.78, 5) is 35.4. The number of carbonyl (C=O) groups is 1. The van der Waals surface area contributed by atoms with Crippen LogP contribution in [0.4, 0.5) is 5.82 Å². The second kappa shape index (κ2) is 8.89. The van der Waals surface area contributed by atoms with E-state index >= 15 is 0 Å². The maximum atomic E-state index is 13.4. The quantitative estimate of drug-likeness (QED) is 0.517. The van der Waals surface area contributed by atoms with E-state index in [2.05, 4.69) is 18.7 Å². The highest BCUT2D eigenvalue weighted by Gasteiger charge is 2.32. The molecule has 0 saturated carbocycles. The molecule has 0 aliphatic carbocycles. The second-order valence-electron chi connectivity index (χ2n) is 7.94. The lowest BCUT2D eigenvalue weighted by Gasteiger charge is -2.32. The fourth-order valence-corrected chi connectivity index (χ4v) is 5.11. The Balaban J connectivity index is 1.79. The van der Waals surface area contributed by atoms with Crippen LogP contribution in [0.15, 0.2) is 34.1 Å². The Labute approximate surface area is 186 Å². The van der Waals surface area contributed by atoms with Crippen LogP contribution in [0.25, 0.3) is 11.7 Å². The van der Waals surface area contributed by atoms with Gasteiger partial charge in [-0.2, -0.15) is 0 Å². The SMILES string of the molecule is CCCCN1C(=O)C(=Cc2c(N3CCC(C)CC3)nc3ccccn3c2=O)SC1=S. The number of hydrogen-bond acceptors (Lipinski definition) is 6. The fourth-order valence-electron chi connectivity index (χ4n) is 3.82. The fraction of sp³-hybridized carbons (Fsp3) is 0.455. The van der Waals surface area contributed by atoms with Crippen molar-refractivity contribution in [2.45, 2.75) is 39.5 Å². The van der Waals surface area contributed by atoms with Crippen molar-refractivity contribution in [2.24, 2.45) is 5.92 Å². The van der Waals surface area contributed by atoms with Gasteiger partial charge in [0.2, 0.25) is 0 Å². The first kappa shape index (κ1) is 21.1. The Morgan fingerprint density at radius 2 is 2.03 bits per heavy atom. The van der Waals surface area contributed by atoms with Crippen LogP contribution < -0.4 is 10.5 Å². The average Bonchev–Trinajstić information content (AvgIpc) is 3.01. The number of fused-ring (bicyclic) bond motifs is 1. The Morgan fingerprint density at radius 1 is 1.27 bits per heavy atom. The molecule has 2 fully saturated rings. The maximum absolute atomic E-state index is 13.4. The van der Waals surface area contributed by atoms with E-state index < -0.39 is 0 Å². The van der Waals surface area contributed by atoms with E-state index in [1.165, 1.54) is 11.8 Å². The first-order valence-corrected chi connectivity index (χ1v) is 11.7. The summed E-state index contributed by atoms with van der Waals surface area (Å²) in [5.74, 6) is 1.22. The van der Waals surface area contributed by atoms with Gasteiger partial charge in [-0.3, -0.25) is 18.9 Å². The van der Waals surface area contributed by atoms with E-state index in [1.807, 2.05) is 18.2 Å². The lowest BCUT2D eigenvalue weighted by molar-refractivity contribution is -0.122. The highest BCUT2D eigenvalue weighted by Crippen LogP contribution is 2.34. The number of pyridine rings is 1. The van der Waals surface area contributed by atoms with Gasteiger partial charge in [0.05, 0.1) is 10.5 Å². The minimum absolute atomic E-state index is 0.116. The largest absolute Gasteiger partial charge is 0.356 e. The molecule has 2 saturated heterocycles. The Morgan fingerprint density at radius 3 is 2.77 bits per heavy atom. The van der Waals surface area contributed by atoms with Gasteiger partial charge in [-0.25, -0.2) is 4.98 Å². The molecule has 4 rings (SSSR count). The Hall–Kier alpha value is -2.19. The van der Waals surface area contributed by atoms with Gasteiger partial charge < -0.3 is 4.90 Å². The second-order valence-corrected chi connectivity index (χ2v) is 9.62. The summed E-state index contributed by atoms with van der Waals surface area (Å²) < 4.78 is 2.10. The molecule has 0 bridgehead atoms. The van der Waals surface area contributed by atoms with Gasteiger partial charge in [-0.05, 0) is 43.4 Å². The molecule has 0 unspecified atom stereocenters. The third-order valence-electron chi connectivity index (χ3n) is 5.72. The van der Waals surface area contributed by atoms with Crippen molar-refractivity contribution >= 4 is 51.7 Å². The van der Waals surface area contributed by atoms with E-state index in [-0.39, 0.29) is 11.5 Å². The third-order valence-corrected chi connectivity index (χ3v) is 7.09. The molecule has 30 heavy (non-hydrogen) atoms. The maximum Gasteiger partial charge on any atom is 0.267 e. The summed E-state index contributed by atoms with van der Waals surface area (Å²) in [6.07, 6.45) is 7.44. The monoisotopic (exact) mass is 442 g/mol. The molecule has 0 aromatic carbocycles. The van der Waals surface area contributed by atoms with Crippen LogP contribution in [0, 0.1) is 5.92 Å². The number of nitrogens with zero attached hydrogens (tertiary/aromatic N) is 4. The standard InChI is InChI=1S/C22H26N4O2S2/c1-3-4-10-26-21(28)17(30-22(26)29)14-16-19(24-12-8-15(2)9-13-24)23-18-7-5-6-11-25(18)20(16)27/h5-7,11,14-15H,3-4,8-10,12-13H2,1-2H3. The molecular weight excluding hydrogens is 416 g/mol. The molecule has 2 aromatic rings. The third kappa shape index (κ3) is 4.03. The van der Waals surface area contributed by atoms with Gasteiger partial charge in [0, 0.05) is 25.8 Å². The van der Waals surface area contributed by atoms with Crippen LogP contribution in [-0.4, -0.2) is 44.1 Å². The van der Waals surface area contributed by atoms with E-state index in [1.54, 1.807) is 21.6 Å². The topological polar surface area (TPSA) is 57.9 Å². The van der Waals surface area contributed by atoms with Crippen molar-refractivity contribution in [2.75, 3.05) is 24.5 Å². The van der Waals surface area contributed by atoms with Crippen molar-refractivity contribution in [3.63, 3.8) is 0 Å². The van der Waals surface area contributed by atoms with Gasteiger partial charge in [0.25, 0.3) is 11.5 Å². The predicted molar refractivity (Wildman–Crippen MR) is 127 cm³/mol. The zero-order chi connectivity index (χ0) is 21.3. The van der Waals surface area contributed by atoms with Crippen LogP contribution in [0.5, 0.6) is 0 Å². The Bertz CT molecular complexity index is 1070. The van der Waals surface area contributed by atoms with E-state index in [0.29, 0.717) is 38.7 Å². The lowest BCUT2D eigenvalue weighted by atomic mass is 9.99. The molecule has 4 heterocycles. The number of unbranched alkanes of at least 4 members (excludes halogenated alkanes) is 1. The first-order chi connectivity index (χ1) is 14.5. The molecule has 2 aromatic heterocycles. The number of aromatic nitrogens is 2. The normalized spacial score (nSPS) is 19.5. The minimum Gasteiger partial charge on any atom is -0.356 e. The van der Waals surface area contributed by atoms with Crippen LogP contribution in [0.3, 0.4) is 0 Å². The number of rotatable bonds is 5. The summed E-state index contributed by atoms with van der Waals surface area (Å²) in [5.41, 5.74) is 0.918. The summed E-state index contributed by atoms with van der Waals surface area (Å²) in [5, 5.41) is 0. The zero-order valence-electron chi connectivity index (χ0n) is 17.3. The number of hydrogen-bond donors (Lipinski definition) is 0. The van der Waals surface area contributed by atoms with Gasteiger partial charge in [0.1, 0.15) is 15.8 Å². The van der Waals surface area contributed by atoms with E-state index in [0.717, 1.165) is 38.8 Å². The number of thioether (sulfide) groups is 1. The van der Waals surface area contributed by atoms with E-state index in [4.69, 9.17) is 17.2 Å². The van der Waals surface area contributed by atoms with Crippen molar-refractivity contribution in [3.05, 3.63) is 45.2 Å². The van der Waals surface area contributed by atoms with Crippen molar-refractivity contribution in [3.8, 4) is 0 Å². The van der Waals surface area contributed by atoms with Crippen LogP contribution >= 0.6 is 24.0 Å². The summed E-state index contributed by atoms with van der Waals surface area (Å²) >= 11 is 6.69. The van der Waals surface area contributed by atoms with Gasteiger partial charge in [-0.15, -0.1) is 0 Å². The first-order valence-electron chi connectivity index (χ1n) is 10.5. The zero-order valence-corrected chi connectivity index (χ0v) is 19.0. The highest BCUT2D eigenvalue weighted by atomic mass is 32.2. The molecule has 0 N–H and O–H groups in total. The van der Waals surface area contributed by atoms with Crippen LogP contribution in [-0.2, 0) is 4.79 Å². The highest BCUT2D eigenvalue weighted by molar-refractivity contribution is 8.26. The summed E-state index contributed by atoms with van der Waals surface area (Å²) in [6, 6.07) is 5.53. The molecule has 2 aliphatic heterocycles. The molecule has 0 atom stereocenters. The number of carbonyl (C=O) groups excluding carboxylic acids is 1. The molecule has 6 nitrogen and oxygen atoms in total. The van der Waals surface area contributed by atoms with Crippen LogP contribution in [0.1, 0.15) is 45.1 Å². The minimum atomic E-state index is -0.159. The Kier molecular flexibility index (Phi) is 6.24. The summed E-state index contributed by atoms with van der Waals surface area (Å²) in [7, 11) is 0. The molecule has 158 valence electrons. The number of anilines is 1. The average molecular weight is 443 g/mol. The molecule has 2 aliphatic rings. The van der Waals surface area contributed by atoms with Gasteiger partial charge >= 0.3 is 0 Å². The molecular formula is C22H26N4O2S2. The molecule has 1 amide bonds. The van der Waals surface area contributed by atoms with Gasteiger partial charge in [0.15, 0.2) is 0 Å². The van der Waals surface area contributed by atoms with Crippen molar-refractivity contribution in [1.82, 2.24) is 14.3 Å². The molecule has 0 spiro atoms. The van der Waals surface area contributed by atoms with Crippen molar-refractivity contribution in [1.29, 1.82) is 0 Å². The summed E-state index contributed by atoms with van der Waals surface area (Å²) in [6.45, 7) is 6.66. The lowest BCUT2D eigenvalue weighted by Crippen LogP contribution is -2.36. The molecule has 0 radical (unpaired) electrons. The van der Waals surface area contributed by atoms with Crippen LogP contribution in [0.2, 0.25) is 0 Å². The molecule has 8 heteroatoms. The van der Waals surface area contributed by atoms with E-state index in [9.17, 15) is 9.59 Å². The number of amides is 1.